The molecule has 5 saturated carbocycles. The van der Waals surface area contributed by atoms with E-state index >= 15 is 0 Å². The summed E-state index contributed by atoms with van der Waals surface area (Å²) in [7, 11) is 0. The molecule has 8 atom stereocenters. The van der Waals surface area contributed by atoms with Gasteiger partial charge in [-0.2, -0.15) is 0 Å². The largest absolute Gasteiger partial charge is 0.310 e. The Morgan fingerprint density at radius 2 is 1.15 bits per heavy atom. The average molecular weight is 762 g/mol. The zero-order chi connectivity index (χ0) is 39.2. The van der Waals surface area contributed by atoms with E-state index in [0.717, 1.165) is 35.5 Å². The predicted octanol–water partition coefficient (Wildman–Crippen LogP) is 14.8. The highest BCUT2D eigenvalue weighted by Crippen LogP contribution is 3.01. The van der Waals surface area contributed by atoms with Crippen molar-refractivity contribution in [3.8, 4) is 33.4 Å². The summed E-state index contributed by atoms with van der Waals surface area (Å²) in [5.41, 5.74) is 19.3. The first-order valence-corrected chi connectivity index (χ1v) is 22.6. The van der Waals surface area contributed by atoms with Crippen LogP contribution in [0.4, 0.5) is 17.1 Å². The van der Waals surface area contributed by atoms with Gasteiger partial charge >= 0.3 is 0 Å². The van der Waals surface area contributed by atoms with E-state index in [4.69, 9.17) is 0 Å². The minimum absolute atomic E-state index is 0.121. The van der Waals surface area contributed by atoms with E-state index in [-0.39, 0.29) is 16.2 Å². The molecule has 14 rings (SSSR count). The Kier molecular flexibility index (Phi) is 6.15. The van der Waals surface area contributed by atoms with Crippen LogP contribution in [0.3, 0.4) is 0 Å². The molecule has 2 bridgehead atoms. The van der Waals surface area contributed by atoms with E-state index in [2.05, 4.69) is 184 Å². The highest BCUT2D eigenvalue weighted by molar-refractivity contribution is 5.97. The van der Waals surface area contributed by atoms with E-state index in [1.165, 1.54) is 98.0 Å². The summed E-state index contributed by atoms with van der Waals surface area (Å²) in [6.07, 6.45) is 5.41. The van der Waals surface area contributed by atoms with Gasteiger partial charge in [-0.3, -0.25) is 0 Å². The maximum Gasteiger partial charge on any atom is 0.0543 e. The van der Waals surface area contributed by atoms with Gasteiger partial charge in [-0.25, -0.2) is 0 Å². The molecule has 5 fully saturated rings. The quantitative estimate of drug-likeness (QED) is 0.169. The maximum absolute atomic E-state index is 2.63. The smallest absolute Gasteiger partial charge is 0.0543 e. The molecule has 0 amide bonds. The van der Waals surface area contributed by atoms with Crippen molar-refractivity contribution in [2.75, 3.05) is 4.90 Å². The Morgan fingerprint density at radius 1 is 0.508 bits per heavy atom. The number of rotatable bonds is 5. The zero-order valence-corrected chi connectivity index (χ0v) is 34.7. The molecule has 0 heterocycles. The molecule has 0 aromatic heterocycles. The fourth-order valence-electron chi connectivity index (χ4n) is 15.7. The van der Waals surface area contributed by atoms with Crippen LogP contribution < -0.4 is 4.90 Å². The van der Waals surface area contributed by atoms with Gasteiger partial charge in [-0.15, -0.1) is 0 Å². The van der Waals surface area contributed by atoms with Crippen molar-refractivity contribution in [2.24, 2.45) is 40.9 Å². The summed E-state index contributed by atoms with van der Waals surface area (Å²) >= 11 is 0. The molecule has 1 heteroatoms. The van der Waals surface area contributed by atoms with Crippen molar-refractivity contribution in [3.05, 3.63) is 174 Å². The monoisotopic (exact) mass is 761 g/mol. The lowest BCUT2D eigenvalue weighted by Crippen LogP contribution is -2.71. The Hall–Kier alpha value is -5.40. The second-order valence-corrected chi connectivity index (χ2v) is 21.2. The highest BCUT2D eigenvalue weighted by Gasteiger charge is 2.98. The van der Waals surface area contributed by atoms with Crippen LogP contribution in [0, 0.1) is 40.9 Å². The molecular weight excluding hydrogens is 711 g/mol. The van der Waals surface area contributed by atoms with Crippen molar-refractivity contribution in [3.63, 3.8) is 0 Å². The summed E-state index contributed by atoms with van der Waals surface area (Å²) in [6.45, 7) is 9.82. The van der Waals surface area contributed by atoms with Crippen molar-refractivity contribution in [1.82, 2.24) is 0 Å². The molecule has 59 heavy (non-hydrogen) atoms. The molecule has 1 nitrogen and oxygen atoms in total. The molecule has 7 aromatic rings. The van der Waals surface area contributed by atoms with Gasteiger partial charge in [0.2, 0.25) is 0 Å². The van der Waals surface area contributed by atoms with Crippen LogP contribution in [0.2, 0.25) is 0 Å². The molecule has 0 N–H and O–H groups in total. The van der Waals surface area contributed by atoms with Gasteiger partial charge in [0.25, 0.3) is 0 Å². The lowest BCUT2D eigenvalue weighted by molar-refractivity contribution is -0.196. The zero-order valence-electron chi connectivity index (χ0n) is 34.7. The van der Waals surface area contributed by atoms with Crippen LogP contribution >= 0.6 is 0 Å². The van der Waals surface area contributed by atoms with E-state index in [1.54, 1.807) is 11.1 Å². The maximum atomic E-state index is 2.63. The fraction of sp³-hybridized carbons (Fsp3) is 0.310. The van der Waals surface area contributed by atoms with Crippen LogP contribution in [0.15, 0.2) is 152 Å². The third kappa shape index (κ3) is 3.95. The van der Waals surface area contributed by atoms with E-state index in [9.17, 15) is 0 Å². The van der Waals surface area contributed by atoms with Crippen LogP contribution in [-0.4, -0.2) is 0 Å². The molecule has 288 valence electrons. The number of nitrogens with zero attached hydrogens (tertiary/aromatic N) is 1. The van der Waals surface area contributed by atoms with Gasteiger partial charge in [0.1, 0.15) is 0 Å². The Bertz CT molecular complexity index is 2930. The third-order valence-corrected chi connectivity index (χ3v) is 18.0. The molecular formula is C58H51N. The van der Waals surface area contributed by atoms with E-state index in [1.807, 2.05) is 0 Å². The van der Waals surface area contributed by atoms with Gasteiger partial charge in [-0.1, -0.05) is 143 Å². The van der Waals surface area contributed by atoms with Gasteiger partial charge in [0.15, 0.2) is 0 Å². The van der Waals surface area contributed by atoms with Crippen molar-refractivity contribution < 1.29 is 0 Å². The first-order valence-electron chi connectivity index (χ1n) is 22.6. The molecule has 0 aliphatic heterocycles. The minimum Gasteiger partial charge on any atom is -0.310 e. The fourth-order valence-corrected chi connectivity index (χ4v) is 15.7. The number of hydrogen-bond acceptors (Lipinski definition) is 1. The van der Waals surface area contributed by atoms with Crippen molar-refractivity contribution >= 4 is 27.8 Å². The number of fused-ring (bicyclic) bond motifs is 13. The standard InChI is InChI=1S/C58H51N/c1-55(2)28-29-56(3,4)47-32-42(26-27-45(47)55)59(41-24-22-36(23-25-41)35-16-18-37(19-17-35)39-21-20-34-10-5-6-11-38(34)30-39)48-15-9-14-46-51(48)43-12-7-8-13-44(43)58(46)49-31-40-33-57(49)53-50(40)52(53)54(57)58/h5-27,30,32,40,49-50,52-54H,28-29,31,33H2,1-4H3. The topological polar surface area (TPSA) is 3.24 Å². The normalized spacial score (nSPS) is 30.8. The van der Waals surface area contributed by atoms with Crippen molar-refractivity contribution in [1.29, 1.82) is 0 Å². The third-order valence-electron chi connectivity index (χ3n) is 18.0. The lowest BCUT2D eigenvalue weighted by atomic mass is 9.30. The summed E-state index contributed by atoms with van der Waals surface area (Å²) in [4.78, 5) is 2.63. The first kappa shape index (κ1) is 33.4. The van der Waals surface area contributed by atoms with Crippen LogP contribution in [-0.2, 0) is 16.2 Å². The van der Waals surface area contributed by atoms with Crippen LogP contribution in [0.5, 0.6) is 0 Å². The molecule has 7 aromatic carbocycles. The van der Waals surface area contributed by atoms with E-state index in [0.29, 0.717) is 5.41 Å². The van der Waals surface area contributed by atoms with E-state index < -0.39 is 0 Å². The Morgan fingerprint density at radius 3 is 1.93 bits per heavy atom. The minimum atomic E-state index is 0.121. The summed E-state index contributed by atoms with van der Waals surface area (Å²) in [6, 6.07) is 58.6. The molecule has 2 spiro atoms. The van der Waals surface area contributed by atoms with Gasteiger partial charge in [0.05, 0.1) is 5.69 Å². The average Bonchev–Trinajstić information content (AvgIpc) is 3.57. The molecule has 7 aliphatic carbocycles. The summed E-state index contributed by atoms with van der Waals surface area (Å²) in [5.74, 6) is 5.75. The Labute approximate surface area is 349 Å². The van der Waals surface area contributed by atoms with Gasteiger partial charge in [-0.05, 0) is 175 Å². The molecule has 0 saturated heterocycles. The number of anilines is 3. The number of benzene rings is 7. The second kappa shape index (κ2) is 10.9. The molecule has 0 radical (unpaired) electrons. The van der Waals surface area contributed by atoms with Crippen molar-refractivity contribution in [2.45, 2.75) is 69.6 Å². The first-order chi connectivity index (χ1) is 28.7. The lowest BCUT2D eigenvalue weighted by Gasteiger charge is -2.73. The Balaban J connectivity index is 0.907. The molecule has 8 unspecified atom stereocenters. The summed E-state index contributed by atoms with van der Waals surface area (Å²) in [5, 5.41) is 2.56. The van der Waals surface area contributed by atoms with Crippen LogP contribution in [0.1, 0.15) is 75.6 Å². The predicted molar refractivity (Wildman–Crippen MR) is 244 cm³/mol. The van der Waals surface area contributed by atoms with Crippen LogP contribution in [0.25, 0.3) is 44.2 Å². The summed E-state index contributed by atoms with van der Waals surface area (Å²) < 4.78 is 0. The second-order valence-electron chi connectivity index (χ2n) is 21.2. The molecule has 7 aliphatic rings. The number of hydrogen-bond donors (Lipinski definition) is 0. The van der Waals surface area contributed by atoms with Gasteiger partial charge < -0.3 is 4.90 Å². The SMILES string of the molecule is CC1(C)CCC(C)(C)c2cc(N(c3ccc(-c4ccc(-c5ccc6ccccc6c5)cc4)cc3)c3cccc4c3-c3ccccc3C43C4CC5CC46C4C5C4C36)ccc21. The van der Waals surface area contributed by atoms with Gasteiger partial charge in [0, 0.05) is 22.4 Å². The highest BCUT2D eigenvalue weighted by atomic mass is 15.1.